The Labute approximate surface area is 180 Å². The van der Waals surface area contributed by atoms with E-state index in [1.54, 1.807) is 0 Å². The molecule has 0 saturated carbocycles. The summed E-state index contributed by atoms with van der Waals surface area (Å²) in [7, 11) is -2.39. The summed E-state index contributed by atoms with van der Waals surface area (Å²) < 4.78 is 32.4. The number of amides is 5. The maximum atomic E-state index is 12.9. The quantitative estimate of drug-likeness (QED) is 0.473. The van der Waals surface area contributed by atoms with Crippen LogP contribution in [0.15, 0.2) is 23.1 Å². The van der Waals surface area contributed by atoms with Gasteiger partial charge < -0.3 is 10.1 Å². The minimum absolute atomic E-state index is 0.00571. The number of imide groups is 2. The predicted molar refractivity (Wildman–Crippen MR) is 109 cm³/mol. The SMILES string of the molecule is CCN1C(=O)C(=O)N(CC(=O)Nc2cc(S(=O)(=O)N3CCCCC3)ccc2OC)C1=O. The number of hydrogen-bond donors (Lipinski definition) is 1. The number of sulfonamides is 1. The Morgan fingerprint density at radius 3 is 2.29 bits per heavy atom. The van der Waals surface area contributed by atoms with E-state index in [4.69, 9.17) is 4.74 Å². The first kappa shape index (κ1) is 22.7. The van der Waals surface area contributed by atoms with Gasteiger partial charge in [0.15, 0.2) is 0 Å². The number of benzene rings is 1. The first-order valence-corrected chi connectivity index (χ1v) is 11.3. The number of ether oxygens (including phenoxy) is 1. The molecule has 0 unspecified atom stereocenters. The molecule has 1 N–H and O–H groups in total. The van der Waals surface area contributed by atoms with Crippen LogP contribution in [0.3, 0.4) is 0 Å². The molecule has 2 saturated heterocycles. The first-order valence-electron chi connectivity index (χ1n) is 9.86. The largest absolute Gasteiger partial charge is 0.495 e. The summed E-state index contributed by atoms with van der Waals surface area (Å²) in [6, 6.07) is 3.21. The van der Waals surface area contributed by atoms with Crippen molar-refractivity contribution < 1.29 is 32.3 Å². The number of anilines is 1. The number of nitrogens with zero attached hydrogens (tertiary/aromatic N) is 3. The van der Waals surface area contributed by atoms with Crippen molar-refractivity contribution in [3.05, 3.63) is 18.2 Å². The molecule has 1 aromatic carbocycles. The van der Waals surface area contributed by atoms with E-state index in [0.29, 0.717) is 18.0 Å². The second-order valence-electron chi connectivity index (χ2n) is 7.10. The zero-order valence-corrected chi connectivity index (χ0v) is 18.1. The molecule has 0 aromatic heterocycles. The van der Waals surface area contributed by atoms with Crippen LogP contribution in [0.5, 0.6) is 5.75 Å². The van der Waals surface area contributed by atoms with Gasteiger partial charge in [-0.2, -0.15) is 4.31 Å². The number of nitrogens with one attached hydrogen (secondary N) is 1. The predicted octanol–water partition coefficient (Wildman–Crippen LogP) is 0.619. The summed E-state index contributed by atoms with van der Waals surface area (Å²) in [5.41, 5.74) is 0.0725. The Morgan fingerprint density at radius 1 is 1.06 bits per heavy atom. The third kappa shape index (κ3) is 4.39. The van der Waals surface area contributed by atoms with Crippen molar-refractivity contribution in [1.29, 1.82) is 0 Å². The van der Waals surface area contributed by atoms with Crippen molar-refractivity contribution in [2.24, 2.45) is 0 Å². The van der Waals surface area contributed by atoms with Crippen molar-refractivity contribution in [2.45, 2.75) is 31.1 Å². The average Bonchev–Trinajstić information content (AvgIpc) is 2.96. The lowest BCUT2D eigenvalue weighted by atomic mass is 10.2. The van der Waals surface area contributed by atoms with Crippen LogP contribution in [0.1, 0.15) is 26.2 Å². The Balaban J connectivity index is 1.80. The highest BCUT2D eigenvalue weighted by Gasteiger charge is 2.44. The third-order valence-electron chi connectivity index (χ3n) is 5.15. The molecule has 11 nitrogen and oxygen atoms in total. The third-order valence-corrected chi connectivity index (χ3v) is 7.05. The lowest BCUT2D eigenvalue weighted by Gasteiger charge is -2.26. The van der Waals surface area contributed by atoms with Crippen molar-refractivity contribution in [3.63, 3.8) is 0 Å². The molecule has 12 heteroatoms. The highest BCUT2D eigenvalue weighted by atomic mass is 32.2. The number of urea groups is 1. The lowest BCUT2D eigenvalue weighted by Crippen LogP contribution is -2.39. The molecule has 1 aromatic rings. The molecular formula is C19H24N4O7S. The van der Waals surface area contributed by atoms with E-state index in [2.05, 4.69) is 5.32 Å². The molecule has 2 fully saturated rings. The van der Waals surface area contributed by atoms with E-state index < -0.39 is 40.3 Å². The van der Waals surface area contributed by atoms with Crippen LogP contribution in [0.4, 0.5) is 10.5 Å². The fourth-order valence-corrected chi connectivity index (χ4v) is 5.05. The molecule has 0 bridgehead atoms. The minimum Gasteiger partial charge on any atom is -0.495 e. The first-order chi connectivity index (χ1) is 14.7. The average molecular weight is 452 g/mol. The number of rotatable bonds is 7. The standard InChI is InChI=1S/C19H24N4O7S/c1-3-22-17(25)18(26)23(19(22)27)12-16(24)20-14-11-13(7-8-15(14)30-2)31(28,29)21-9-5-4-6-10-21/h7-8,11H,3-6,9-10,12H2,1-2H3,(H,20,24). The van der Waals surface area contributed by atoms with Crippen molar-refractivity contribution >= 4 is 39.5 Å². The number of carbonyl (C=O) groups excluding carboxylic acids is 4. The number of methoxy groups -OCH3 is 1. The molecule has 0 aliphatic carbocycles. The van der Waals surface area contributed by atoms with Crippen LogP contribution in [0.25, 0.3) is 0 Å². The van der Waals surface area contributed by atoms with E-state index in [1.165, 1.54) is 36.5 Å². The molecule has 31 heavy (non-hydrogen) atoms. The molecule has 168 valence electrons. The van der Waals surface area contributed by atoms with Crippen LogP contribution in [-0.4, -0.2) is 79.6 Å². The monoisotopic (exact) mass is 452 g/mol. The van der Waals surface area contributed by atoms with E-state index in [-0.39, 0.29) is 22.9 Å². The summed E-state index contributed by atoms with van der Waals surface area (Å²) in [5, 5.41) is 2.47. The number of carbonyl (C=O) groups is 4. The molecule has 0 atom stereocenters. The highest BCUT2D eigenvalue weighted by molar-refractivity contribution is 7.89. The summed E-state index contributed by atoms with van der Waals surface area (Å²) >= 11 is 0. The summed E-state index contributed by atoms with van der Waals surface area (Å²) in [6.07, 6.45) is 2.54. The van der Waals surface area contributed by atoms with Crippen molar-refractivity contribution in [3.8, 4) is 5.75 Å². The smallest absolute Gasteiger partial charge is 0.334 e. The van der Waals surface area contributed by atoms with Crippen LogP contribution in [0, 0.1) is 0 Å². The van der Waals surface area contributed by atoms with Gasteiger partial charge in [-0.3, -0.25) is 19.3 Å². The van der Waals surface area contributed by atoms with Gasteiger partial charge in [0.25, 0.3) is 0 Å². The topological polar surface area (TPSA) is 133 Å². The maximum absolute atomic E-state index is 12.9. The van der Waals surface area contributed by atoms with Crippen molar-refractivity contribution in [2.75, 3.05) is 38.6 Å². The Hall–Kier alpha value is -2.99. The van der Waals surface area contributed by atoms with Crippen LogP contribution >= 0.6 is 0 Å². The van der Waals surface area contributed by atoms with Gasteiger partial charge in [-0.1, -0.05) is 6.42 Å². The van der Waals surface area contributed by atoms with Crippen LogP contribution in [-0.2, 0) is 24.4 Å². The Bertz CT molecular complexity index is 1020. The zero-order chi connectivity index (χ0) is 22.8. The summed E-state index contributed by atoms with van der Waals surface area (Å²) in [5.74, 6) is -2.66. The number of likely N-dealkylation sites (N-methyl/N-ethyl adjacent to an activating group) is 1. The molecule has 2 heterocycles. The Morgan fingerprint density at radius 2 is 1.71 bits per heavy atom. The van der Waals surface area contributed by atoms with Gasteiger partial charge in [0.2, 0.25) is 15.9 Å². The second-order valence-corrected chi connectivity index (χ2v) is 9.04. The van der Waals surface area contributed by atoms with Gasteiger partial charge >= 0.3 is 17.8 Å². The van der Waals surface area contributed by atoms with Gasteiger partial charge in [0.1, 0.15) is 12.3 Å². The minimum atomic E-state index is -3.75. The van der Waals surface area contributed by atoms with E-state index in [9.17, 15) is 27.6 Å². The van der Waals surface area contributed by atoms with Crippen molar-refractivity contribution in [1.82, 2.24) is 14.1 Å². The van der Waals surface area contributed by atoms with E-state index in [1.807, 2.05) is 0 Å². The van der Waals surface area contributed by atoms with Gasteiger partial charge in [0.05, 0.1) is 17.7 Å². The molecule has 2 aliphatic rings. The van der Waals surface area contributed by atoms with Crippen LogP contribution in [0.2, 0.25) is 0 Å². The van der Waals surface area contributed by atoms with Gasteiger partial charge in [-0.05, 0) is 38.0 Å². The zero-order valence-electron chi connectivity index (χ0n) is 17.3. The second kappa shape index (κ2) is 9.02. The number of hydrogen-bond acceptors (Lipinski definition) is 7. The lowest BCUT2D eigenvalue weighted by molar-refractivity contribution is -0.143. The fourth-order valence-electron chi connectivity index (χ4n) is 3.50. The molecule has 0 radical (unpaired) electrons. The fraction of sp³-hybridized carbons (Fsp3) is 0.474. The maximum Gasteiger partial charge on any atom is 0.334 e. The highest BCUT2D eigenvalue weighted by Crippen LogP contribution is 2.30. The van der Waals surface area contributed by atoms with Gasteiger partial charge in [0, 0.05) is 19.6 Å². The Kier molecular flexibility index (Phi) is 6.60. The summed E-state index contributed by atoms with van der Waals surface area (Å²) in [6.45, 7) is 1.71. The number of piperidine rings is 1. The van der Waals surface area contributed by atoms with Gasteiger partial charge in [-0.15, -0.1) is 0 Å². The van der Waals surface area contributed by atoms with E-state index in [0.717, 1.165) is 24.2 Å². The molecule has 2 aliphatic heterocycles. The molecule has 5 amide bonds. The molecule has 3 rings (SSSR count). The summed E-state index contributed by atoms with van der Waals surface area (Å²) in [4.78, 5) is 49.7. The van der Waals surface area contributed by atoms with Crippen LogP contribution < -0.4 is 10.1 Å². The normalized spacial score (nSPS) is 17.9. The molecular weight excluding hydrogens is 428 g/mol. The van der Waals surface area contributed by atoms with E-state index >= 15 is 0 Å². The molecule has 0 spiro atoms. The van der Waals surface area contributed by atoms with Gasteiger partial charge in [-0.25, -0.2) is 18.1 Å².